The molecule has 222 valence electrons. The minimum Gasteiger partial charge on any atom is -0.410 e. The highest BCUT2D eigenvalue weighted by molar-refractivity contribution is 5.74. The van der Waals surface area contributed by atoms with Crippen molar-refractivity contribution in [3.63, 3.8) is 0 Å². The number of nitrogens with zero attached hydrogens (tertiary/aromatic N) is 6. The van der Waals surface area contributed by atoms with E-state index in [1.54, 1.807) is 12.1 Å². The van der Waals surface area contributed by atoms with Gasteiger partial charge in [0.15, 0.2) is 5.82 Å². The van der Waals surface area contributed by atoms with E-state index >= 15 is 0 Å². The average molecular weight is 574 g/mol. The van der Waals surface area contributed by atoms with Crippen molar-refractivity contribution < 1.29 is 19.1 Å². The number of pyridine rings is 1. The van der Waals surface area contributed by atoms with Crippen LogP contribution in [0.15, 0.2) is 54.7 Å². The molecule has 0 fully saturated rings. The van der Waals surface area contributed by atoms with E-state index in [1.807, 2.05) is 37.4 Å². The van der Waals surface area contributed by atoms with Crippen molar-refractivity contribution >= 4 is 12.0 Å². The molecule has 2 amide bonds. The van der Waals surface area contributed by atoms with Crippen LogP contribution in [0.5, 0.6) is 5.75 Å². The van der Waals surface area contributed by atoms with Gasteiger partial charge in [-0.2, -0.15) is 0 Å². The standard InChI is InChI=1S/C31H39N7O4/c1-23-13-16-26(17-14-23)42-31(40)38(19-7-12-28(32)39)22-29-34-36-30(37-35-29)27-18-15-24(21-33-27)9-8-20-41-25-10-5-3-2-4-6-11-25/h2-3,13-18,21,25H,4-12,19-20,22H2,1H3,(H2,32,39)/b3-2+. The van der Waals surface area contributed by atoms with Gasteiger partial charge >= 0.3 is 6.09 Å². The number of aryl methyl sites for hydroxylation is 2. The third kappa shape index (κ3) is 10.3. The van der Waals surface area contributed by atoms with Crippen molar-refractivity contribution in [3.8, 4) is 17.3 Å². The number of primary amides is 1. The SMILES string of the molecule is Cc1ccc(OC(=O)N(CCCC(N)=O)Cc2nnc(-c3ccc(CCCOC4CC/C=C/CCC4)cn3)nn2)cc1. The molecular weight excluding hydrogens is 534 g/mol. The van der Waals surface area contributed by atoms with Gasteiger partial charge in [-0.05, 0) is 82.1 Å². The molecule has 1 aromatic carbocycles. The van der Waals surface area contributed by atoms with Crippen molar-refractivity contribution in [2.24, 2.45) is 5.73 Å². The van der Waals surface area contributed by atoms with E-state index in [2.05, 4.69) is 37.5 Å². The Bertz CT molecular complexity index is 1300. The fourth-order valence-electron chi connectivity index (χ4n) is 4.56. The molecule has 1 aliphatic rings. The average Bonchev–Trinajstić information content (AvgIpc) is 2.97. The summed E-state index contributed by atoms with van der Waals surface area (Å²) in [6.45, 7) is 2.93. The number of benzene rings is 1. The first-order chi connectivity index (χ1) is 20.5. The summed E-state index contributed by atoms with van der Waals surface area (Å²) < 4.78 is 11.6. The highest BCUT2D eigenvalue weighted by Gasteiger charge is 2.19. The van der Waals surface area contributed by atoms with Crippen LogP contribution in [0.4, 0.5) is 4.79 Å². The Morgan fingerprint density at radius 1 is 0.976 bits per heavy atom. The molecule has 0 spiro atoms. The number of carbonyl (C=O) groups is 2. The molecule has 42 heavy (non-hydrogen) atoms. The van der Waals surface area contributed by atoms with Gasteiger partial charge in [-0.25, -0.2) is 4.79 Å². The van der Waals surface area contributed by atoms with Crippen LogP contribution in [-0.2, 0) is 22.5 Å². The molecule has 4 rings (SSSR count). The quantitative estimate of drug-likeness (QED) is 0.226. The van der Waals surface area contributed by atoms with Crippen LogP contribution >= 0.6 is 0 Å². The first-order valence-electron chi connectivity index (χ1n) is 14.6. The number of nitrogens with two attached hydrogens (primary N) is 1. The number of aromatic nitrogens is 5. The van der Waals surface area contributed by atoms with Gasteiger partial charge in [-0.15, -0.1) is 20.4 Å². The summed E-state index contributed by atoms with van der Waals surface area (Å²) in [5, 5.41) is 16.6. The van der Waals surface area contributed by atoms with Crippen LogP contribution in [-0.4, -0.2) is 61.5 Å². The third-order valence-electron chi connectivity index (χ3n) is 6.92. The van der Waals surface area contributed by atoms with Gasteiger partial charge in [0.25, 0.3) is 0 Å². The second-order valence-corrected chi connectivity index (χ2v) is 10.4. The normalized spacial score (nSPS) is 15.8. The summed E-state index contributed by atoms with van der Waals surface area (Å²) in [6, 6.07) is 11.0. The van der Waals surface area contributed by atoms with Crippen LogP contribution < -0.4 is 10.5 Å². The second-order valence-electron chi connectivity index (χ2n) is 10.4. The van der Waals surface area contributed by atoms with E-state index in [0.717, 1.165) is 56.3 Å². The molecule has 1 unspecified atom stereocenters. The summed E-state index contributed by atoms with van der Waals surface area (Å²) in [5.41, 5.74) is 7.98. The number of allylic oxidation sites excluding steroid dienone is 2. The van der Waals surface area contributed by atoms with E-state index in [0.29, 0.717) is 24.0 Å². The van der Waals surface area contributed by atoms with Gasteiger partial charge in [-0.1, -0.05) is 35.9 Å². The summed E-state index contributed by atoms with van der Waals surface area (Å²) in [6.07, 6.45) is 14.1. The lowest BCUT2D eigenvalue weighted by Crippen LogP contribution is -2.35. The van der Waals surface area contributed by atoms with Gasteiger partial charge in [-0.3, -0.25) is 9.78 Å². The Balaban J connectivity index is 1.29. The Hall–Kier alpha value is -4.25. The van der Waals surface area contributed by atoms with E-state index < -0.39 is 12.0 Å². The lowest BCUT2D eigenvalue weighted by molar-refractivity contribution is -0.118. The summed E-state index contributed by atoms with van der Waals surface area (Å²) in [4.78, 5) is 30.0. The zero-order valence-corrected chi connectivity index (χ0v) is 24.2. The maximum absolute atomic E-state index is 12.9. The Morgan fingerprint density at radius 2 is 1.76 bits per heavy atom. The summed E-state index contributed by atoms with van der Waals surface area (Å²) in [7, 11) is 0. The molecular formula is C31H39N7O4. The first kappa shape index (κ1) is 30.7. The zero-order valence-electron chi connectivity index (χ0n) is 24.2. The van der Waals surface area contributed by atoms with Gasteiger partial charge < -0.3 is 20.1 Å². The number of ether oxygens (including phenoxy) is 2. The summed E-state index contributed by atoms with van der Waals surface area (Å²) in [5.74, 6) is 0.485. The largest absolute Gasteiger partial charge is 0.415 e. The van der Waals surface area contributed by atoms with Crippen LogP contribution in [0.1, 0.15) is 68.3 Å². The minimum absolute atomic E-state index is 0.00965. The number of carbonyl (C=O) groups excluding carboxylic acids is 2. The lowest BCUT2D eigenvalue weighted by Gasteiger charge is -2.20. The molecule has 2 N–H and O–H groups in total. The predicted molar refractivity (Wildman–Crippen MR) is 157 cm³/mol. The Morgan fingerprint density at radius 3 is 2.50 bits per heavy atom. The molecule has 2 heterocycles. The highest BCUT2D eigenvalue weighted by Crippen LogP contribution is 2.17. The number of amides is 2. The predicted octanol–water partition coefficient (Wildman–Crippen LogP) is 4.74. The van der Waals surface area contributed by atoms with Crippen LogP contribution in [0.3, 0.4) is 0 Å². The first-order valence-corrected chi connectivity index (χ1v) is 14.6. The fourth-order valence-corrected chi connectivity index (χ4v) is 4.56. The van der Waals surface area contributed by atoms with Gasteiger partial charge in [0.2, 0.25) is 11.7 Å². The lowest BCUT2D eigenvalue weighted by atomic mass is 10.0. The third-order valence-corrected chi connectivity index (χ3v) is 6.92. The molecule has 11 heteroatoms. The van der Waals surface area contributed by atoms with E-state index in [9.17, 15) is 9.59 Å². The smallest absolute Gasteiger partial charge is 0.410 e. The Labute approximate surface area is 246 Å². The van der Waals surface area contributed by atoms with Crippen LogP contribution in [0.2, 0.25) is 0 Å². The zero-order chi connectivity index (χ0) is 29.6. The highest BCUT2D eigenvalue weighted by atomic mass is 16.6. The van der Waals surface area contributed by atoms with Crippen LogP contribution in [0.25, 0.3) is 11.5 Å². The molecule has 11 nitrogen and oxygen atoms in total. The molecule has 3 aromatic rings. The fraction of sp³-hybridized carbons (Fsp3) is 0.452. The molecule has 0 bridgehead atoms. The van der Waals surface area contributed by atoms with Crippen molar-refractivity contribution in [2.45, 2.75) is 77.4 Å². The molecule has 2 aromatic heterocycles. The minimum atomic E-state index is -0.597. The van der Waals surface area contributed by atoms with Gasteiger partial charge in [0.1, 0.15) is 11.4 Å². The van der Waals surface area contributed by atoms with Crippen molar-refractivity contribution in [2.75, 3.05) is 13.2 Å². The molecule has 0 saturated heterocycles. The number of hydrogen-bond donors (Lipinski definition) is 1. The maximum atomic E-state index is 12.9. The van der Waals surface area contributed by atoms with E-state index in [-0.39, 0.29) is 31.2 Å². The van der Waals surface area contributed by atoms with Crippen LogP contribution in [0, 0.1) is 6.92 Å². The van der Waals surface area contributed by atoms with Crippen molar-refractivity contribution in [1.82, 2.24) is 30.3 Å². The summed E-state index contributed by atoms with van der Waals surface area (Å²) >= 11 is 0. The Kier molecular flexibility index (Phi) is 11.9. The topological polar surface area (TPSA) is 146 Å². The van der Waals surface area contributed by atoms with Crippen molar-refractivity contribution in [1.29, 1.82) is 0 Å². The number of rotatable bonds is 13. The molecule has 1 atom stereocenters. The van der Waals surface area contributed by atoms with Crippen molar-refractivity contribution in [3.05, 3.63) is 71.7 Å². The number of hydrogen-bond acceptors (Lipinski definition) is 9. The van der Waals surface area contributed by atoms with Gasteiger partial charge in [0, 0.05) is 25.8 Å². The van der Waals surface area contributed by atoms with E-state index in [4.69, 9.17) is 15.2 Å². The molecule has 0 saturated carbocycles. The molecule has 0 radical (unpaired) electrons. The second kappa shape index (κ2) is 16.3. The van der Waals surface area contributed by atoms with Gasteiger partial charge in [0.05, 0.1) is 12.6 Å². The van der Waals surface area contributed by atoms with E-state index in [1.165, 1.54) is 11.3 Å². The monoisotopic (exact) mass is 573 g/mol. The maximum Gasteiger partial charge on any atom is 0.415 e. The molecule has 1 aliphatic carbocycles. The molecule has 0 aliphatic heterocycles.